The van der Waals surface area contributed by atoms with Crippen LogP contribution >= 0.6 is 34.3 Å². The predicted molar refractivity (Wildman–Crippen MR) is 70.8 cm³/mol. The molecule has 2 heterocycles. The summed E-state index contributed by atoms with van der Waals surface area (Å²) in [5, 5.41) is 6.99. The number of oxime groups is 1. The Hall–Kier alpha value is -1.17. The highest BCUT2D eigenvalue weighted by atomic mass is 35.5. The van der Waals surface area contributed by atoms with Crippen molar-refractivity contribution in [2.75, 3.05) is 0 Å². The Labute approximate surface area is 111 Å². The van der Waals surface area contributed by atoms with Gasteiger partial charge in [-0.05, 0) is 34.5 Å². The molecule has 0 aliphatic rings. The second kappa shape index (κ2) is 5.95. The van der Waals surface area contributed by atoms with E-state index in [4.69, 9.17) is 16.4 Å². The van der Waals surface area contributed by atoms with Gasteiger partial charge >= 0.3 is 0 Å². The third-order valence-electron chi connectivity index (χ3n) is 1.88. The lowest BCUT2D eigenvalue weighted by molar-refractivity contribution is -0.106. The Balaban J connectivity index is 2.04. The highest BCUT2D eigenvalue weighted by molar-refractivity contribution is 7.14. The van der Waals surface area contributed by atoms with E-state index in [-0.39, 0.29) is 5.71 Å². The van der Waals surface area contributed by atoms with E-state index in [0.29, 0.717) is 11.5 Å². The third kappa shape index (κ3) is 3.39. The minimum atomic E-state index is -0.612. The molecule has 2 rings (SSSR count). The fraction of sp³-hybridized carbons (Fsp3) is 0.0909. The average molecular weight is 286 g/mol. The first kappa shape index (κ1) is 12.3. The summed E-state index contributed by atoms with van der Waals surface area (Å²) in [6.45, 7) is 0.344. The number of hydrogen-bond acceptors (Lipinski definition) is 5. The third-order valence-corrected chi connectivity index (χ3v) is 3.79. The van der Waals surface area contributed by atoms with Crippen LogP contribution < -0.4 is 0 Å². The van der Waals surface area contributed by atoms with Gasteiger partial charge in [0.15, 0.2) is 12.3 Å². The van der Waals surface area contributed by atoms with Gasteiger partial charge in [0, 0.05) is 4.88 Å². The monoisotopic (exact) mass is 285 g/mol. The van der Waals surface area contributed by atoms with Crippen LogP contribution in [0.2, 0.25) is 0 Å². The first-order valence-corrected chi connectivity index (χ1v) is 6.87. The van der Waals surface area contributed by atoms with Crippen molar-refractivity contribution < 1.29 is 9.63 Å². The average Bonchev–Trinajstić information content (AvgIpc) is 2.96. The Morgan fingerprint density at radius 2 is 2.06 bits per heavy atom. The van der Waals surface area contributed by atoms with E-state index in [0.717, 1.165) is 4.88 Å². The summed E-state index contributed by atoms with van der Waals surface area (Å²) < 4.78 is 0. The number of hydrogen-bond donors (Lipinski definition) is 0. The largest absolute Gasteiger partial charge is 0.389 e. The van der Waals surface area contributed by atoms with Gasteiger partial charge < -0.3 is 4.84 Å². The minimum Gasteiger partial charge on any atom is -0.389 e. The molecular weight excluding hydrogens is 278 g/mol. The van der Waals surface area contributed by atoms with Crippen LogP contribution in [-0.2, 0) is 16.2 Å². The molecule has 6 heteroatoms. The summed E-state index contributed by atoms with van der Waals surface area (Å²) in [4.78, 5) is 18.1. The predicted octanol–water partition coefficient (Wildman–Crippen LogP) is 3.50. The van der Waals surface area contributed by atoms with Crippen molar-refractivity contribution in [2.45, 2.75) is 6.61 Å². The molecule has 17 heavy (non-hydrogen) atoms. The van der Waals surface area contributed by atoms with Crippen LogP contribution in [-0.4, -0.2) is 11.0 Å². The Morgan fingerprint density at radius 1 is 1.29 bits per heavy atom. The van der Waals surface area contributed by atoms with Crippen LogP contribution in [0.15, 0.2) is 40.2 Å². The van der Waals surface area contributed by atoms with Crippen LogP contribution in [0, 0.1) is 0 Å². The molecule has 0 bridgehead atoms. The lowest BCUT2D eigenvalue weighted by Crippen LogP contribution is -2.08. The lowest BCUT2D eigenvalue weighted by atomic mass is 10.3. The van der Waals surface area contributed by atoms with Gasteiger partial charge in [-0.1, -0.05) is 17.3 Å². The van der Waals surface area contributed by atoms with Gasteiger partial charge in [0.2, 0.25) is 0 Å². The molecule has 0 aliphatic carbocycles. The maximum Gasteiger partial charge on any atom is 0.275 e. The molecule has 0 unspecified atom stereocenters. The van der Waals surface area contributed by atoms with E-state index < -0.39 is 5.24 Å². The van der Waals surface area contributed by atoms with Crippen molar-refractivity contribution in [1.29, 1.82) is 0 Å². The molecule has 0 saturated carbocycles. The van der Waals surface area contributed by atoms with Crippen molar-refractivity contribution in [3.8, 4) is 0 Å². The molecule has 2 aromatic rings. The van der Waals surface area contributed by atoms with Crippen molar-refractivity contribution in [3.63, 3.8) is 0 Å². The molecule has 0 aliphatic heterocycles. The molecule has 0 saturated heterocycles. The molecule has 0 radical (unpaired) electrons. The summed E-state index contributed by atoms with van der Waals surface area (Å²) in [6.07, 6.45) is 0. The molecule has 0 atom stereocenters. The Morgan fingerprint density at radius 3 is 2.65 bits per heavy atom. The first-order valence-electron chi connectivity index (χ1n) is 4.73. The summed E-state index contributed by atoms with van der Waals surface area (Å²) in [6, 6.07) is 7.47. The van der Waals surface area contributed by atoms with Gasteiger partial charge in [0.25, 0.3) is 5.24 Å². The molecule has 0 amide bonds. The first-order chi connectivity index (χ1) is 8.27. The van der Waals surface area contributed by atoms with Crippen molar-refractivity contribution in [1.82, 2.24) is 0 Å². The van der Waals surface area contributed by atoms with Crippen molar-refractivity contribution in [2.24, 2.45) is 5.16 Å². The van der Waals surface area contributed by atoms with Gasteiger partial charge in [-0.25, -0.2) is 0 Å². The molecule has 0 fully saturated rings. The summed E-state index contributed by atoms with van der Waals surface area (Å²) in [5.74, 6) is 0. The van der Waals surface area contributed by atoms with Gasteiger partial charge in [-0.3, -0.25) is 4.79 Å². The fourth-order valence-corrected chi connectivity index (χ4v) is 2.65. The Kier molecular flexibility index (Phi) is 4.30. The van der Waals surface area contributed by atoms with E-state index in [1.165, 1.54) is 11.3 Å². The van der Waals surface area contributed by atoms with E-state index >= 15 is 0 Å². The molecule has 3 nitrogen and oxygen atoms in total. The number of thiophene rings is 2. The highest BCUT2D eigenvalue weighted by Crippen LogP contribution is 2.14. The number of halogens is 1. The maximum atomic E-state index is 11.2. The van der Waals surface area contributed by atoms with E-state index in [9.17, 15) is 4.79 Å². The number of nitrogens with zero attached hydrogens (tertiary/aromatic N) is 1. The smallest absolute Gasteiger partial charge is 0.275 e. The zero-order valence-corrected chi connectivity index (χ0v) is 11.0. The van der Waals surface area contributed by atoms with Gasteiger partial charge in [-0.15, -0.1) is 22.7 Å². The van der Waals surface area contributed by atoms with Gasteiger partial charge in [0.1, 0.15) is 0 Å². The molecule has 0 aromatic carbocycles. The molecule has 0 N–H and O–H groups in total. The van der Waals surface area contributed by atoms with Crippen LogP contribution in [0.1, 0.15) is 9.75 Å². The van der Waals surface area contributed by atoms with Crippen molar-refractivity contribution >= 4 is 45.2 Å². The van der Waals surface area contributed by atoms with Crippen molar-refractivity contribution in [3.05, 3.63) is 44.8 Å². The van der Waals surface area contributed by atoms with Crippen LogP contribution in [0.4, 0.5) is 0 Å². The highest BCUT2D eigenvalue weighted by Gasteiger charge is 2.13. The van der Waals surface area contributed by atoms with E-state index in [1.807, 2.05) is 29.0 Å². The van der Waals surface area contributed by atoms with Crippen LogP contribution in [0.3, 0.4) is 0 Å². The molecule has 2 aromatic heterocycles. The van der Waals surface area contributed by atoms with Gasteiger partial charge in [0.05, 0.1) is 4.88 Å². The maximum absolute atomic E-state index is 11.2. The van der Waals surface area contributed by atoms with Gasteiger partial charge in [-0.2, -0.15) is 0 Å². The SMILES string of the molecule is O=C(Cl)C(=NOCc1cccs1)c1cccs1. The number of carbonyl (C=O) groups is 1. The molecule has 88 valence electrons. The second-order valence-corrected chi connectivity index (χ2v) is 5.37. The van der Waals surface area contributed by atoms with Crippen LogP contribution in [0.25, 0.3) is 0 Å². The lowest BCUT2D eigenvalue weighted by Gasteiger charge is -1.99. The zero-order chi connectivity index (χ0) is 12.1. The molecular formula is C11H8ClNO2S2. The number of carbonyl (C=O) groups excluding carboxylic acids is 1. The van der Waals surface area contributed by atoms with E-state index in [2.05, 4.69) is 5.16 Å². The minimum absolute atomic E-state index is 0.151. The number of rotatable bonds is 5. The second-order valence-electron chi connectivity index (χ2n) is 3.04. The van der Waals surface area contributed by atoms with Crippen LogP contribution in [0.5, 0.6) is 0 Å². The quantitative estimate of drug-likeness (QED) is 0.479. The summed E-state index contributed by atoms with van der Waals surface area (Å²) >= 11 is 8.42. The topological polar surface area (TPSA) is 38.7 Å². The summed E-state index contributed by atoms with van der Waals surface area (Å²) in [5.41, 5.74) is 0.151. The summed E-state index contributed by atoms with van der Waals surface area (Å²) in [7, 11) is 0. The molecule has 0 spiro atoms. The van der Waals surface area contributed by atoms with E-state index in [1.54, 1.807) is 17.4 Å². The standard InChI is InChI=1S/C11H8ClNO2S2/c12-11(14)10(9-4-2-6-17-9)13-15-7-8-3-1-5-16-8/h1-6H,7H2. The fourth-order valence-electron chi connectivity index (χ4n) is 1.15. The zero-order valence-electron chi connectivity index (χ0n) is 8.63. The Bertz CT molecular complexity index is 506. The normalized spacial score (nSPS) is 11.5.